The molecule has 0 spiro atoms. The molecule has 13 heavy (non-hydrogen) atoms. The summed E-state index contributed by atoms with van der Waals surface area (Å²) in [4.78, 5) is 0. The van der Waals surface area contributed by atoms with E-state index in [1.165, 1.54) is 12.3 Å². The molecule has 0 radical (unpaired) electrons. The first-order chi connectivity index (χ1) is 6.27. The Kier molecular flexibility index (Phi) is 3.14. The molecule has 1 rings (SSSR count). The number of hydrogen-bond donors (Lipinski definition) is 2. The van der Waals surface area contributed by atoms with Crippen LogP contribution in [0.1, 0.15) is 12.5 Å². The highest BCUT2D eigenvalue weighted by molar-refractivity contribution is 5.83. The monoisotopic (exact) mass is 180 g/mol. The molecule has 0 amide bonds. The molecule has 1 aromatic carbocycles. The third-order valence-electron chi connectivity index (χ3n) is 1.53. The predicted molar refractivity (Wildman–Crippen MR) is 51.1 cm³/mol. The van der Waals surface area contributed by atoms with Crippen molar-refractivity contribution in [3.8, 4) is 11.5 Å². The van der Waals surface area contributed by atoms with Crippen LogP contribution in [0.3, 0.4) is 0 Å². The quantitative estimate of drug-likeness (QED) is 0.415. The van der Waals surface area contributed by atoms with Crippen LogP contribution in [0.2, 0.25) is 0 Å². The summed E-state index contributed by atoms with van der Waals surface area (Å²) in [6.07, 6.45) is 1.38. The van der Waals surface area contributed by atoms with Crippen molar-refractivity contribution >= 4 is 6.21 Å². The number of ether oxygens (including phenoxy) is 1. The average molecular weight is 180 g/mol. The molecule has 0 aliphatic heterocycles. The predicted octanol–water partition coefficient (Wildman–Crippen LogP) is 1.08. The SMILES string of the molecule is CCOc1ccc(C=NN)c(O)c1. The van der Waals surface area contributed by atoms with Crippen molar-refractivity contribution in [1.29, 1.82) is 0 Å². The molecule has 0 saturated heterocycles. The summed E-state index contributed by atoms with van der Waals surface area (Å²) in [5.41, 5.74) is 0.575. The number of nitrogens with zero attached hydrogens (tertiary/aromatic N) is 1. The topological polar surface area (TPSA) is 67.8 Å². The fourth-order valence-corrected chi connectivity index (χ4v) is 0.969. The zero-order chi connectivity index (χ0) is 9.68. The van der Waals surface area contributed by atoms with E-state index in [1.807, 2.05) is 6.92 Å². The summed E-state index contributed by atoms with van der Waals surface area (Å²) in [5.74, 6) is 5.70. The number of benzene rings is 1. The molecule has 70 valence electrons. The van der Waals surface area contributed by atoms with E-state index in [9.17, 15) is 5.11 Å². The molecule has 0 bridgehead atoms. The van der Waals surface area contributed by atoms with Gasteiger partial charge in [0.25, 0.3) is 0 Å². The lowest BCUT2D eigenvalue weighted by molar-refractivity contribution is 0.337. The summed E-state index contributed by atoms with van der Waals surface area (Å²) < 4.78 is 5.18. The second kappa shape index (κ2) is 4.35. The standard InChI is InChI=1S/C9H12N2O2/c1-2-13-8-4-3-7(6-11-10)9(12)5-8/h3-6,12H,2,10H2,1H3. The van der Waals surface area contributed by atoms with Gasteiger partial charge in [-0.2, -0.15) is 5.10 Å². The zero-order valence-electron chi connectivity index (χ0n) is 7.40. The first-order valence-corrected chi connectivity index (χ1v) is 3.97. The minimum Gasteiger partial charge on any atom is -0.507 e. The van der Waals surface area contributed by atoms with Crippen LogP contribution < -0.4 is 10.6 Å². The molecule has 0 unspecified atom stereocenters. The van der Waals surface area contributed by atoms with Crippen molar-refractivity contribution in [2.45, 2.75) is 6.92 Å². The summed E-state index contributed by atoms with van der Waals surface area (Å²) >= 11 is 0. The van der Waals surface area contributed by atoms with Crippen LogP contribution >= 0.6 is 0 Å². The highest BCUT2D eigenvalue weighted by Gasteiger charge is 2.00. The Morgan fingerprint density at radius 2 is 2.38 bits per heavy atom. The lowest BCUT2D eigenvalue weighted by Crippen LogP contribution is -1.92. The molecule has 0 aliphatic rings. The molecule has 0 saturated carbocycles. The maximum atomic E-state index is 9.42. The van der Waals surface area contributed by atoms with Crippen LogP contribution in [-0.4, -0.2) is 17.9 Å². The minimum atomic E-state index is 0.111. The van der Waals surface area contributed by atoms with Gasteiger partial charge >= 0.3 is 0 Å². The van der Waals surface area contributed by atoms with Crippen molar-refractivity contribution < 1.29 is 9.84 Å². The van der Waals surface area contributed by atoms with Crippen LogP contribution in [0.25, 0.3) is 0 Å². The third kappa shape index (κ3) is 2.37. The molecule has 4 nitrogen and oxygen atoms in total. The van der Waals surface area contributed by atoms with Gasteiger partial charge in [-0.1, -0.05) is 0 Å². The van der Waals surface area contributed by atoms with E-state index in [-0.39, 0.29) is 5.75 Å². The fourth-order valence-electron chi connectivity index (χ4n) is 0.969. The van der Waals surface area contributed by atoms with E-state index in [0.29, 0.717) is 17.9 Å². The number of phenolic OH excluding ortho intramolecular Hbond substituents is 1. The highest BCUT2D eigenvalue weighted by atomic mass is 16.5. The maximum absolute atomic E-state index is 9.42. The Morgan fingerprint density at radius 1 is 1.62 bits per heavy atom. The van der Waals surface area contributed by atoms with Gasteiger partial charge in [0, 0.05) is 11.6 Å². The molecule has 0 atom stereocenters. The Labute approximate surface area is 76.6 Å². The van der Waals surface area contributed by atoms with E-state index in [0.717, 1.165) is 0 Å². The molecule has 3 N–H and O–H groups in total. The second-order valence-electron chi connectivity index (χ2n) is 2.43. The smallest absolute Gasteiger partial charge is 0.128 e. The number of aromatic hydroxyl groups is 1. The van der Waals surface area contributed by atoms with Crippen molar-refractivity contribution in [3.63, 3.8) is 0 Å². The lowest BCUT2D eigenvalue weighted by Gasteiger charge is -2.04. The van der Waals surface area contributed by atoms with Crippen LogP contribution in [0.5, 0.6) is 11.5 Å². The molecular formula is C9H12N2O2. The van der Waals surface area contributed by atoms with Gasteiger partial charge in [0.2, 0.25) is 0 Å². The molecule has 0 heterocycles. The van der Waals surface area contributed by atoms with Crippen molar-refractivity contribution in [2.24, 2.45) is 10.9 Å². The number of rotatable bonds is 3. The van der Waals surface area contributed by atoms with Crippen LogP contribution in [0, 0.1) is 0 Å². The van der Waals surface area contributed by atoms with E-state index in [2.05, 4.69) is 5.10 Å². The van der Waals surface area contributed by atoms with Gasteiger partial charge in [0.05, 0.1) is 12.8 Å². The Balaban J connectivity index is 2.91. The van der Waals surface area contributed by atoms with E-state index >= 15 is 0 Å². The fraction of sp³-hybridized carbons (Fsp3) is 0.222. The number of hydrogen-bond acceptors (Lipinski definition) is 4. The molecule has 4 heteroatoms. The Morgan fingerprint density at radius 3 is 2.92 bits per heavy atom. The number of hydrazone groups is 1. The van der Waals surface area contributed by atoms with Crippen molar-refractivity contribution in [1.82, 2.24) is 0 Å². The third-order valence-corrected chi connectivity index (χ3v) is 1.53. The summed E-state index contributed by atoms with van der Waals surface area (Å²) in [5, 5.41) is 12.7. The van der Waals surface area contributed by atoms with Crippen LogP contribution in [0.15, 0.2) is 23.3 Å². The lowest BCUT2D eigenvalue weighted by atomic mass is 10.2. The van der Waals surface area contributed by atoms with Gasteiger partial charge in [0.1, 0.15) is 11.5 Å². The largest absolute Gasteiger partial charge is 0.507 e. The van der Waals surface area contributed by atoms with E-state index < -0.39 is 0 Å². The van der Waals surface area contributed by atoms with Gasteiger partial charge in [-0.15, -0.1) is 0 Å². The van der Waals surface area contributed by atoms with E-state index in [1.54, 1.807) is 12.1 Å². The highest BCUT2D eigenvalue weighted by Crippen LogP contribution is 2.21. The number of phenols is 1. The van der Waals surface area contributed by atoms with Gasteiger partial charge in [0.15, 0.2) is 0 Å². The van der Waals surface area contributed by atoms with Gasteiger partial charge in [-0.3, -0.25) is 0 Å². The summed E-state index contributed by atoms with van der Waals surface area (Å²) in [7, 11) is 0. The van der Waals surface area contributed by atoms with Gasteiger partial charge in [-0.05, 0) is 19.1 Å². The zero-order valence-corrected chi connectivity index (χ0v) is 7.40. The molecule has 1 aromatic rings. The first kappa shape index (κ1) is 9.38. The normalized spacial score (nSPS) is 10.5. The Hall–Kier alpha value is -1.71. The number of nitrogens with two attached hydrogens (primary N) is 1. The van der Waals surface area contributed by atoms with Crippen LogP contribution in [0.4, 0.5) is 0 Å². The second-order valence-corrected chi connectivity index (χ2v) is 2.43. The molecule has 0 aromatic heterocycles. The molecule has 0 fully saturated rings. The van der Waals surface area contributed by atoms with E-state index in [4.69, 9.17) is 10.6 Å². The molecular weight excluding hydrogens is 168 g/mol. The Bertz CT molecular complexity index is 310. The van der Waals surface area contributed by atoms with Crippen molar-refractivity contribution in [3.05, 3.63) is 23.8 Å². The van der Waals surface area contributed by atoms with Crippen LogP contribution in [-0.2, 0) is 0 Å². The summed E-state index contributed by atoms with van der Waals surface area (Å²) in [6.45, 7) is 2.45. The summed E-state index contributed by atoms with van der Waals surface area (Å²) in [6, 6.07) is 4.97. The van der Waals surface area contributed by atoms with Crippen molar-refractivity contribution in [2.75, 3.05) is 6.61 Å². The maximum Gasteiger partial charge on any atom is 0.128 e. The minimum absolute atomic E-state index is 0.111. The van der Waals surface area contributed by atoms with Gasteiger partial charge in [-0.25, -0.2) is 0 Å². The first-order valence-electron chi connectivity index (χ1n) is 3.97. The average Bonchev–Trinajstić information content (AvgIpc) is 2.10. The molecule has 0 aliphatic carbocycles. The van der Waals surface area contributed by atoms with Gasteiger partial charge < -0.3 is 15.7 Å².